The number of aromatic nitrogens is 2. The number of furan rings is 1. The zero-order valence-electron chi connectivity index (χ0n) is 11.6. The van der Waals surface area contributed by atoms with Gasteiger partial charge in [-0.1, -0.05) is 23.4 Å². The van der Waals surface area contributed by atoms with Gasteiger partial charge in [-0.3, -0.25) is 0 Å². The van der Waals surface area contributed by atoms with Gasteiger partial charge in [0, 0.05) is 37.4 Å². The Balaban J connectivity index is 1.61. The van der Waals surface area contributed by atoms with Gasteiger partial charge in [0.1, 0.15) is 11.3 Å². The van der Waals surface area contributed by atoms with E-state index in [-0.39, 0.29) is 0 Å². The second kappa shape index (κ2) is 5.46. The smallest absolute Gasteiger partial charge is 0.223 e. The lowest BCUT2D eigenvalue weighted by atomic mass is 10.1. The van der Waals surface area contributed by atoms with Crippen molar-refractivity contribution < 1.29 is 8.94 Å². The Hall–Kier alpha value is -2.14. The van der Waals surface area contributed by atoms with Gasteiger partial charge in [-0.2, -0.15) is 4.98 Å². The van der Waals surface area contributed by atoms with Crippen molar-refractivity contribution in [2.75, 3.05) is 6.54 Å². The summed E-state index contributed by atoms with van der Waals surface area (Å²) in [4.78, 5) is 4.18. The number of aryl methyl sites for hydroxylation is 2. The minimum atomic E-state index is 0.608. The summed E-state index contributed by atoms with van der Waals surface area (Å²) >= 11 is 0. The Morgan fingerprint density at radius 1 is 1.20 bits per heavy atom. The largest absolute Gasteiger partial charge is 0.461 e. The first-order valence-corrected chi connectivity index (χ1v) is 6.71. The first-order valence-electron chi connectivity index (χ1n) is 6.71. The molecule has 3 rings (SSSR count). The number of benzene rings is 1. The molecule has 0 aliphatic rings. The van der Waals surface area contributed by atoms with E-state index in [0.717, 1.165) is 36.7 Å². The zero-order valence-corrected chi connectivity index (χ0v) is 11.6. The van der Waals surface area contributed by atoms with Crippen LogP contribution in [0.25, 0.3) is 11.0 Å². The molecule has 0 unspecified atom stereocenters. The van der Waals surface area contributed by atoms with Gasteiger partial charge in [0.25, 0.3) is 0 Å². The molecule has 0 amide bonds. The van der Waals surface area contributed by atoms with Gasteiger partial charge in [-0.15, -0.1) is 0 Å². The number of hydrogen-bond acceptors (Lipinski definition) is 5. The first-order chi connectivity index (χ1) is 9.74. The van der Waals surface area contributed by atoms with Crippen LogP contribution in [0.2, 0.25) is 0 Å². The molecule has 2 heterocycles. The van der Waals surface area contributed by atoms with Crippen molar-refractivity contribution in [3.8, 4) is 0 Å². The van der Waals surface area contributed by atoms with Crippen molar-refractivity contribution in [2.45, 2.75) is 26.8 Å². The molecule has 0 saturated carbocycles. The van der Waals surface area contributed by atoms with Crippen LogP contribution in [-0.2, 0) is 13.0 Å². The lowest BCUT2D eigenvalue weighted by molar-refractivity contribution is 0.387. The van der Waals surface area contributed by atoms with E-state index in [1.54, 1.807) is 6.92 Å². The van der Waals surface area contributed by atoms with Crippen LogP contribution in [0.15, 0.2) is 33.2 Å². The Bertz CT molecular complexity index is 715. The van der Waals surface area contributed by atoms with Crippen LogP contribution in [0, 0.1) is 13.8 Å². The molecule has 1 aromatic carbocycles. The van der Waals surface area contributed by atoms with Crippen LogP contribution in [0.5, 0.6) is 0 Å². The molecule has 3 aromatic rings. The van der Waals surface area contributed by atoms with E-state index in [1.807, 2.05) is 25.1 Å². The first kappa shape index (κ1) is 12.9. The molecule has 1 N–H and O–H groups in total. The third-order valence-electron chi connectivity index (χ3n) is 3.30. The second-order valence-corrected chi connectivity index (χ2v) is 4.79. The maximum Gasteiger partial charge on any atom is 0.223 e. The molecule has 0 fully saturated rings. The number of rotatable bonds is 5. The van der Waals surface area contributed by atoms with E-state index in [1.165, 1.54) is 10.9 Å². The van der Waals surface area contributed by atoms with Crippen LogP contribution >= 0.6 is 0 Å². The van der Waals surface area contributed by atoms with Gasteiger partial charge < -0.3 is 14.3 Å². The topological polar surface area (TPSA) is 64.1 Å². The fourth-order valence-corrected chi connectivity index (χ4v) is 2.30. The van der Waals surface area contributed by atoms with E-state index in [0.29, 0.717) is 5.89 Å². The summed E-state index contributed by atoms with van der Waals surface area (Å²) in [5.41, 5.74) is 2.15. The van der Waals surface area contributed by atoms with Crippen molar-refractivity contribution in [1.82, 2.24) is 15.5 Å². The van der Waals surface area contributed by atoms with Crippen molar-refractivity contribution in [3.05, 3.63) is 47.3 Å². The van der Waals surface area contributed by atoms with E-state index in [9.17, 15) is 0 Å². The van der Waals surface area contributed by atoms with Crippen LogP contribution in [0.1, 0.15) is 23.0 Å². The highest BCUT2D eigenvalue weighted by Crippen LogP contribution is 2.24. The fraction of sp³-hybridized carbons (Fsp3) is 0.333. The van der Waals surface area contributed by atoms with Gasteiger partial charge in [0.2, 0.25) is 5.89 Å². The summed E-state index contributed by atoms with van der Waals surface area (Å²) in [5.74, 6) is 2.31. The molecule has 2 aromatic heterocycles. The number of hydrogen-bond donors (Lipinski definition) is 1. The Labute approximate surface area is 117 Å². The van der Waals surface area contributed by atoms with E-state index >= 15 is 0 Å². The van der Waals surface area contributed by atoms with Crippen molar-refractivity contribution in [1.29, 1.82) is 0 Å². The van der Waals surface area contributed by atoms with Gasteiger partial charge in [0.05, 0.1) is 0 Å². The number of para-hydroxylation sites is 1. The fourth-order valence-electron chi connectivity index (χ4n) is 2.30. The Morgan fingerprint density at radius 2 is 2.05 bits per heavy atom. The molecule has 0 radical (unpaired) electrons. The molecule has 0 aliphatic heterocycles. The van der Waals surface area contributed by atoms with E-state index < -0.39 is 0 Å². The average Bonchev–Trinajstić information content (AvgIpc) is 2.98. The summed E-state index contributed by atoms with van der Waals surface area (Å²) in [6, 6.07) is 8.10. The molecule has 5 nitrogen and oxygen atoms in total. The average molecular weight is 271 g/mol. The number of nitrogens with one attached hydrogen (secondary N) is 1. The van der Waals surface area contributed by atoms with Gasteiger partial charge >= 0.3 is 0 Å². The maximum atomic E-state index is 5.74. The molecule has 0 aliphatic carbocycles. The molecule has 104 valence electrons. The van der Waals surface area contributed by atoms with E-state index in [4.69, 9.17) is 8.94 Å². The van der Waals surface area contributed by atoms with Crippen LogP contribution in [0.4, 0.5) is 0 Å². The molecule has 0 bridgehead atoms. The van der Waals surface area contributed by atoms with E-state index in [2.05, 4.69) is 21.5 Å². The number of nitrogens with zero attached hydrogens (tertiary/aromatic N) is 2. The standard InChI is InChI=1S/C15H17N3O2/c1-10-13(12-5-3-4-6-14(12)19-10)9-16-8-7-15-17-11(2)20-18-15/h3-6,16H,7-9H2,1-2H3. The lowest BCUT2D eigenvalue weighted by Crippen LogP contribution is -2.17. The van der Waals surface area contributed by atoms with Crippen LogP contribution in [-0.4, -0.2) is 16.7 Å². The predicted molar refractivity (Wildman–Crippen MR) is 75.4 cm³/mol. The molecule has 0 atom stereocenters. The molecule has 0 saturated heterocycles. The summed E-state index contributed by atoms with van der Waals surface area (Å²) < 4.78 is 10.7. The summed E-state index contributed by atoms with van der Waals surface area (Å²) in [6.45, 7) is 5.38. The normalized spacial score (nSPS) is 11.3. The van der Waals surface area contributed by atoms with Gasteiger partial charge in [-0.25, -0.2) is 0 Å². The van der Waals surface area contributed by atoms with Crippen molar-refractivity contribution in [2.24, 2.45) is 0 Å². The predicted octanol–water partition coefficient (Wildman–Crippen LogP) is 2.76. The highest BCUT2D eigenvalue weighted by Gasteiger charge is 2.09. The molecule has 0 spiro atoms. The highest BCUT2D eigenvalue weighted by atomic mass is 16.5. The van der Waals surface area contributed by atoms with Crippen molar-refractivity contribution in [3.63, 3.8) is 0 Å². The molecule has 5 heteroatoms. The molecular formula is C15H17N3O2. The molecule has 20 heavy (non-hydrogen) atoms. The SMILES string of the molecule is Cc1nc(CCNCc2c(C)oc3ccccc23)no1. The maximum absolute atomic E-state index is 5.74. The van der Waals surface area contributed by atoms with Crippen molar-refractivity contribution >= 4 is 11.0 Å². The number of fused-ring (bicyclic) bond motifs is 1. The Kier molecular flexibility index (Phi) is 3.52. The molecular weight excluding hydrogens is 254 g/mol. The quantitative estimate of drug-likeness (QED) is 0.723. The summed E-state index contributed by atoms with van der Waals surface area (Å²) in [6.07, 6.45) is 0.756. The summed E-state index contributed by atoms with van der Waals surface area (Å²) in [5, 5.41) is 8.44. The minimum absolute atomic E-state index is 0.608. The zero-order chi connectivity index (χ0) is 13.9. The lowest BCUT2D eigenvalue weighted by Gasteiger charge is -2.02. The highest BCUT2D eigenvalue weighted by molar-refractivity contribution is 5.82. The monoisotopic (exact) mass is 271 g/mol. The summed E-state index contributed by atoms with van der Waals surface area (Å²) in [7, 11) is 0. The van der Waals surface area contributed by atoms with Gasteiger partial charge in [0.15, 0.2) is 5.82 Å². The van der Waals surface area contributed by atoms with Gasteiger partial charge in [-0.05, 0) is 13.0 Å². The third kappa shape index (κ3) is 2.58. The Morgan fingerprint density at radius 3 is 2.85 bits per heavy atom. The minimum Gasteiger partial charge on any atom is -0.461 e. The van der Waals surface area contributed by atoms with Crippen LogP contribution in [0.3, 0.4) is 0 Å². The third-order valence-corrected chi connectivity index (χ3v) is 3.30. The second-order valence-electron chi connectivity index (χ2n) is 4.79. The van der Waals surface area contributed by atoms with Crippen LogP contribution < -0.4 is 5.32 Å².